The molecule has 118 valence electrons. The lowest BCUT2D eigenvalue weighted by Gasteiger charge is -2.34. The summed E-state index contributed by atoms with van der Waals surface area (Å²) in [6, 6.07) is 0. The van der Waals surface area contributed by atoms with Gasteiger partial charge in [-0.2, -0.15) is 17.0 Å². The Bertz CT molecular complexity index is 433. The fourth-order valence-electron chi connectivity index (χ4n) is 3.17. The zero-order valence-electron chi connectivity index (χ0n) is 12.8. The summed E-state index contributed by atoms with van der Waals surface area (Å²) in [7, 11) is -3.29. The number of hydrogen-bond acceptors (Lipinski definition) is 2. The molecule has 0 aromatic carbocycles. The lowest BCUT2D eigenvalue weighted by molar-refractivity contribution is 0.240. The van der Waals surface area contributed by atoms with Crippen molar-refractivity contribution in [2.45, 2.75) is 40.0 Å². The monoisotopic (exact) mass is 322 g/mol. The fourth-order valence-corrected chi connectivity index (χ4v) is 5.21. The average Bonchev–Trinajstić information content (AvgIpc) is 2.89. The minimum absolute atomic E-state index is 0.171. The zero-order chi connectivity index (χ0) is 15.0. The summed E-state index contributed by atoms with van der Waals surface area (Å²) in [6.07, 6.45) is 2.93. The highest BCUT2D eigenvalue weighted by Gasteiger charge is 2.40. The molecule has 6 heteroatoms. The highest BCUT2D eigenvalue weighted by Crippen LogP contribution is 2.35. The van der Waals surface area contributed by atoms with Gasteiger partial charge in [-0.25, -0.2) is 0 Å². The van der Waals surface area contributed by atoms with Gasteiger partial charge in [-0.05, 0) is 36.5 Å². The van der Waals surface area contributed by atoms with E-state index >= 15 is 0 Å². The number of halogens is 1. The molecule has 4 nitrogen and oxygen atoms in total. The third-order valence-corrected chi connectivity index (χ3v) is 7.13. The van der Waals surface area contributed by atoms with E-state index in [4.69, 9.17) is 11.6 Å². The van der Waals surface area contributed by atoms with Crippen LogP contribution in [0.25, 0.3) is 0 Å². The average molecular weight is 323 g/mol. The van der Waals surface area contributed by atoms with Gasteiger partial charge in [0.1, 0.15) is 0 Å². The molecule has 2 saturated heterocycles. The topological polar surface area (TPSA) is 40.6 Å². The summed E-state index contributed by atoms with van der Waals surface area (Å²) in [5.74, 6) is 1.31. The molecule has 0 radical (unpaired) electrons. The Morgan fingerprint density at radius 3 is 2.30 bits per heavy atom. The zero-order valence-corrected chi connectivity index (χ0v) is 14.4. The smallest absolute Gasteiger partial charge is 0.195 e. The molecular formula is C14H27ClN2O2S. The van der Waals surface area contributed by atoms with E-state index in [2.05, 4.69) is 20.8 Å². The van der Waals surface area contributed by atoms with Gasteiger partial charge < -0.3 is 0 Å². The van der Waals surface area contributed by atoms with Gasteiger partial charge >= 0.3 is 0 Å². The van der Waals surface area contributed by atoms with E-state index in [1.165, 1.54) is 0 Å². The van der Waals surface area contributed by atoms with Gasteiger partial charge in [0.2, 0.25) is 0 Å². The van der Waals surface area contributed by atoms with Crippen LogP contribution in [-0.4, -0.2) is 49.1 Å². The van der Waals surface area contributed by atoms with Crippen LogP contribution >= 0.6 is 11.6 Å². The number of alkyl halides is 1. The van der Waals surface area contributed by atoms with E-state index in [0.717, 1.165) is 19.3 Å². The van der Waals surface area contributed by atoms with Crippen LogP contribution in [0.5, 0.6) is 0 Å². The highest BCUT2D eigenvalue weighted by atomic mass is 35.5. The predicted octanol–water partition coefficient (Wildman–Crippen LogP) is 2.55. The molecule has 0 N–H and O–H groups in total. The summed E-state index contributed by atoms with van der Waals surface area (Å²) in [5, 5.41) is 0. The van der Waals surface area contributed by atoms with Crippen LogP contribution in [0.15, 0.2) is 0 Å². The lowest BCUT2D eigenvalue weighted by Crippen LogP contribution is -2.47. The molecule has 0 aliphatic carbocycles. The van der Waals surface area contributed by atoms with Crippen LogP contribution in [0.3, 0.4) is 0 Å². The molecule has 2 fully saturated rings. The van der Waals surface area contributed by atoms with Gasteiger partial charge in [-0.3, -0.25) is 0 Å². The van der Waals surface area contributed by atoms with E-state index in [0.29, 0.717) is 43.9 Å². The molecule has 2 atom stereocenters. The minimum Gasteiger partial charge on any atom is -0.195 e. The van der Waals surface area contributed by atoms with E-state index in [1.807, 2.05) is 0 Å². The van der Waals surface area contributed by atoms with Gasteiger partial charge in [0, 0.05) is 32.1 Å². The Morgan fingerprint density at radius 2 is 1.75 bits per heavy atom. The standard InChI is InChI=1S/C14H27ClN2O2S/c1-14(2,3)13-6-8-17(11-13)20(18,19)16-7-4-5-12(9-15)10-16/h12-13H,4-11H2,1-3H3. The van der Waals surface area contributed by atoms with Crippen molar-refractivity contribution in [1.82, 2.24) is 8.61 Å². The number of rotatable bonds is 3. The van der Waals surface area contributed by atoms with Crippen molar-refractivity contribution >= 4 is 21.8 Å². The summed E-state index contributed by atoms with van der Waals surface area (Å²) < 4.78 is 28.8. The van der Waals surface area contributed by atoms with Crippen molar-refractivity contribution in [3.05, 3.63) is 0 Å². The molecule has 0 aromatic heterocycles. The van der Waals surface area contributed by atoms with Crippen molar-refractivity contribution in [2.24, 2.45) is 17.3 Å². The number of nitrogens with zero attached hydrogens (tertiary/aromatic N) is 2. The van der Waals surface area contributed by atoms with Gasteiger partial charge in [0.25, 0.3) is 10.2 Å². The van der Waals surface area contributed by atoms with Crippen LogP contribution < -0.4 is 0 Å². The second-order valence-corrected chi connectivity index (χ2v) is 9.48. The maximum atomic E-state index is 12.7. The van der Waals surface area contributed by atoms with Crippen LogP contribution in [0.2, 0.25) is 0 Å². The Hall–Kier alpha value is 0.160. The molecule has 2 rings (SSSR count). The van der Waals surface area contributed by atoms with Crippen LogP contribution in [0, 0.1) is 17.3 Å². The van der Waals surface area contributed by atoms with Gasteiger partial charge in [-0.1, -0.05) is 20.8 Å². The summed E-state index contributed by atoms with van der Waals surface area (Å²) in [4.78, 5) is 0. The molecule has 2 unspecified atom stereocenters. The number of piperidine rings is 1. The molecule has 2 heterocycles. The summed E-state index contributed by atoms with van der Waals surface area (Å²) >= 11 is 5.90. The van der Waals surface area contributed by atoms with E-state index in [9.17, 15) is 8.42 Å². The van der Waals surface area contributed by atoms with Gasteiger partial charge in [-0.15, -0.1) is 11.6 Å². The molecule has 0 saturated carbocycles. The fraction of sp³-hybridized carbons (Fsp3) is 1.00. The summed E-state index contributed by atoms with van der Waals surface area (Å²) in [5.41, 5.74) is 0.171. The molecule has 2 aliphatic heterocycles. The Kier molecular flexibility index (Phi) is 5.05. The second-order valence-electron chi connectivity index (χ2n) is 7.24. The summed E-state index contributed by atoms with van der Waals surface area (Å²) in [6.45, 7) is 9.13. The van der Waals surface area contributed by atoms with E-state index in [1.54, 1.807) is 8.61 Å². The third-order valence-electron chi connectivity index (χ3n) is 4.73. The number of hydrogen-bond donors (Lipinski definition) is 0. The van der Waals surface area contributed by atoms with Crippen molar-refractivity contribution < 1.29 is 8.42 Å². The second kappa shape index (κ2) is 6.11. The maximum Gasteiger partial charge on any atom is 0.281 e. The molecule has 0 amide bonds. The van der Waals surface area contributed by atoms with Crippen LogP contribution in [-0.2, 0) is 10.2 Å². The third kappa shape index (κ3) is 3.49. The molecule has 2 aliphatic rings. The largest absolute Gasteiger partial charge is 0.281 e. The van der Waals surface area contributed by atoms with Crippen molar-refractivity contribution in [3.63, 3.8) is 0 Å². The minimum atomic E-state index is -3.29. The predicted molar refractivity (Wildman–Crippen MR) is 83.1 cm³/mol. The van der Waals surface area contributed by atoms with Gasteiger partial charge in [0.15, 0.2) is 0 Å². The molecule has 20 heavy (non-hydrogen) atoms. The molecule has 0 bridgehead atoms. The normalized spacial score (nSPS) is 30.8. The first kappa shape index (κ1) is 16.5. The lowest BCUT2D eigenvalue weighted by atomic mass is 9.80. The van der Waals surface area contributed by atoms with E-state index in [-0.39, 0.29) is 5.41 Å². The van der Waals surface area contributed by atoms with Crippen molar-refractivity contribution in [3.8, 4) is 0 Å². The maximum absolute atomic E-state index is 12.7. The highest BCUT2D eigenvalue weighted by molar-refractivity contribution is 7.86. The Labute approximate surface area is 128 Å². The van der Waals surface area contributed by atoms with Crippen LogP contribution in [0.1, 0.15) is 40.0 Å². The quantitative estimate of drug-likeness (QED) is 0.749. The van der Waals surface area contributed by atoms with E-state index < -0.39 is 10.2 Å². The molecule has 0 aromatic rings. The Morgan fingerprint density at radius 1 is 1.10 bits per heavy atom. The first-order valence-corrected chi connectivity index (χ1v) is 9.49. The molecule has 0 spiro atoms. The molecular weight excluding hydrogens is 296 g/mol. The SMILES string of the molecule is CC(C)(C)C1CCN(S(=O)(=O)N2CCCC(CCl)C2)C1. The van der Waals surface area contributed by atoms with Crippen molar-refractivity contribution in [2.75, 3.05) is 32.1 Å². The first-order chi connectivity index (χ1) is 9.25. The Balaban J connectivity index is 2.04. The van der Waals surface area contributed by atoms with Gasteiger partial charge in [0.05, 0.1) is 0 Å². The first-order valence-electron chi connectivity index (χ1n) is 7.56. The van der Waals surface area contributed by atoms with Crippen LogP contribution in [0.4, 0.5) is 0 Å². The van der Waals surface area contributed by atoms with Crippen molar-refractivity contribution in [1.29, 1.82) is 0 Å².